The third-order valence-electron chi connectivity index (χ3n) is 5.70. The fraction of sp³-hybridized carbons (Fsp3) is 0.435. The van der Waals surface area contributed by atoms with Gasteiger partial charge < -0.3 is 34.6 Å². The number of fused-ring (bicyclic) bond motifs is 1. The highest BCUT2D eigenvalue weighted by Gasteiger charge is 2.45. The molecular weight excluding hydrogens is 416 g/mol. The summed E-state index contributed by atoms with van der Waals surface area (Å²) in [4.78, 5) is 15.3. The van der Waals surface area contributed by atoms with E-state index in [1.807, 2.05) is 17.6 Å². The van der Waals surface area contributed by atoms with E-state index in [1.54, 1.807) is 12.4 Å². The molecular formula is C23H28N2O7. The highest BCUT2D eigenvalue weighted by molar-refractivity contribution is 5.83. The van der Waals surface area contributed by atoms with Gasteiger partial charge in [0.25, 0.3) is 0 Å². The molecule has 0 aliphatic carbocycles. The SMILES string of the molecule is CCc1ccc(Cn2cnc3cc(C)cc(OO[C@@H]4[C@@H](O)[C@H](O)[C@@H](CO)O[C@H]4O)c32)cc1. The van der Waals surface area contributed by atoms with Gasteiger partial charge in [-0.3, -0.25) is 0 Å². The van der Waals surface area contributed by atoms with E-state index >= 15 is 0 Å². The predicted molar refractivity (Wildman–Crippen MR) is 115 cm³/mol. The van der Waals surface area contributed by atoms with Crippen LogP contribution in [-0.2, 0) is 22.6 Å². The maximum Gasteiger partial charge on any atom is 0.191 e. The molecule has 0 spiro atoms. The molecule has 3 aromatic rings. The first kappa shape index (κ1) is 22.7. The lowest BCUT2D eigenvalue weighted by atomic mass is 9.99. The second-order valence-corrected chi connectivity index (χ2v) is 8.05. The average Bonchev–Trinajstić information content (AvgIpc) is 3.18. The van der Waals surface area contributed by atoms with Crippen LogP contribution in [0.25, 0.3) is 11.0 Å². The van der Waals surface area contributed by atoms with E-state index in [2.05, 4.69) is 36.2 Å². The van der Waals surface area contributed by atoms with E-state index < -0.39 is 37.3 Å². The summed E-state index contributed by atoms with van der Waals surface area (Å²) < 4.78 is 7.04. The van der Waals surface area contributed by atoms with Gasteiger partial charge in [0.15, 0.2) is 18.1 Å². The minimum absolute atomic E-state index is 0.348. The molecule has 0 bridgehead atoms. The van der Waals surface area contributed by atoms with Crippen molar-refractivity contribution < 1.29 is 34.9 Å². The molecule has 1 saturated heterocycles. The van der Waals surface area contributed by atoms with Crippen LogP contribution < -0.4 is 4.89 Å². The van der Waals surface area contributed by atoms with Crippen molar-refractivity contribution >= 4 is 11.0 Å². The molecule has 172 valence electrons. The molecule has 1 aliphatic rings. The summed E-state index contributed by atoms with van der Waals surface area (Å²) in [5, 5.41) is 39.7. The van der Waals surface area contributed by atoms with Crippen LogP contribution in [0.3, 0.4) is 0 Å². The molecule has 9 nitrogen and oxygen atoms in total. The Balaban J connectivity index is 1.57. The third-order valence-corrected chi connectivity index (χ3v) is 5.70. The number of aromatic nitrogens is 2. The van der Waals surface area contributed by atoms with Gasteiger partial charge in [0.05, 0.1) is 18.5 Å². The fourth-order valence-corrected chi connectivity index (χ4v) is 3.85. The van der Waals surface area contributed by atoms with E-state index in [0.717, 1.165) is 17.5 Å². The van der Waals surface area contributed by atoms with Crippen LogP contribution in [0.4, 0.5) is 0 Å². The fourth-order valence-electron chi connectivity index (χ4n) is 3.85. The lowest BCUT2D eigenvalue weighted by molar-refractivity contribution is -0.364. The van der Waals surface area contributed by atoms with Crippen molar-refractivity contribution in [1.82, 2.24) is 9.55 Å². The van der Waals surface area contributed by atoms with E-state index in [9.17, 15) is 20.4 Å². The van der Waals surface area contributed by atoms with Crippen LogP contribution in [0.1, 0.15) is 23.6 Å². The number of nitrogens with zero attached hydrogens (tertiary/aromatic N) is 2. The number of imidazole rings is 1. The Labute approximate surface area is 185 Å². The topological polar surface area (TPSA) is 126 Å². The zero-order valence-electron chi connectivity index (χ0n) is 18.0. The first-order valence-corrected chi connectivity index (χ1v) is 10.6. The number of benzene rings is 2. The van der Waals surface area contributed by atoms with Crippen molar-refractivity contribution in [2.24, 2.45) is 0 Å². The van der Waals surface area contributed by atoms with Gasteiger partial charge >= 0.3 is 0 Å². The van der Waals surface area contributed by atoms with Crippen molar-refractivity contribution in [3.05, 3.63) is 59.4 Å². The van der Waals surface area contributed by atoms with Crippen LogP contribution in [0, 0.1) is 6.92 Å². The standard InChI is InChI=1S/C23H28N2O7/c1-3-14-4-6-15(7-5-14)10-25-12-24-16-8-13(2)9-17(19(16)25)31-32-22-21(28)20(27)18(11-26)30-23(22)29/h4-9,12,18,20-23,26-29H,3,10-11H2,1-2H3/t18-,20-,21+,22-,23-/m1/s1. The number of rotatable bonds is 7. The molecule has 4 rings (SSSR count). The zero-order chi connectivity index (χ0) is 22.8. The molecule has 0 amide bonds. The Bertz CT molecular complexity index is 1050. The van der Waals surface area contributed by atoms with Crippen LogP contribution in [0.15, 0.2) is 42.7 Å². The maximum atomic E-state index is 10.3. The summed E-state index contributed by atoms with van der Waals surface area (Å²) in [6.07, 6.45) is -4.35. The number of hydrogen-bond acceptors (Lipinski definition) is 8. The normalized spacial score (nSPS) is 25.9. The quantitative estimate of drug-likeness (QED) is 0.315. The molecule has 1 fully saturated rings. The molecule has 2 heterocycles. The van der Waals surface area contributed by atoms with Gasteiger partial charge in [-0.05, 0) is 42.2 Å². The van der Waals surface area contributed by atoms with Crippen molar-refractivity contribution in [3.8, 4) is 5.75 Å². The van der Waals surface area contributed by atoms with Crippen molar-refractivity contribution in [3.63, 3.8) is 0 Å². The first-order valence-electron chi connectivity index (χ1n) is 10.6. The molecule has 5 atom stereocenters. The summed E-state index contributed by atoms with van der Waals surface area (Å²) in [5.41, 5.74) is 4.63. The smallest absolute Gasteiger partial charge is 0.191 e. The maximum absolute atomic E-state index is 10.3. The Morgan fingerprint density at radius 2 is 1.78 bits per heavy atom. The molecule has 0 unspecified atom stereocenters. The van der Waals surface area contributed by atoms with Crippen LogP contribution in [-0.4, -0.2) is 67.3 Å². The van der Waals surface area contributed by atoms with Gasteiger partial charge in [-0.1, -0.05) is 31.2 Å². The summed E-state index contributed by atoms with van der Waals surface area (Å²) in [5.74, 6) is 0.348. The van der Waals surface area contributed by atoms with Gasteiger partial charge in [-0.2, -0.15) is 4.89 Å². The summed E-state index contributed by atoms with van der Waals surface area (Å²) >= 11 is 0. The summed E-state index contributed by atoms with van der Waals surface area (Å²) in [6, 6.07) is 12.0. The summed E-state index contributed by atoms with van der Waals surface area (Å²) in [6.45, 7) is 4.00. The van der Waals surface area contributed by atoms with E-state index in [-0.39, 0.29) is 0 Å². The minimum atomic E-state index is -1.59. The molecule has 32 heavy (non-hydrogen) atoms. The Hall–Kier alpha value is -2.53. The molecule has 0 saturated carbocycles. The lowest BCUT2D eigenvalue weighted by Crippen LogP contribution is -2.59. The van der Waals surface area contributed by atoms with Gasteiger partial charge in [-0.15, -0.1) is 0 Å². The Kier molecular flexibility index (Phi) is 6.75. The third kappa shape index (κ3) is 4.49. The molecule has 9 heteroatoms. The van der Waals surface area contributed by atoms with E-state index in [4.69, 9.17) is 14.5 Å². The number of aryl methyl sites for hydroxylation is 2. The van der Waals surface area contributed by atoms with Gasteiger partial charge in [-0.25, -0.2) is 4.98 Å². The average molecular weight is 444 g/mol. The number of ether oxygens (including phenoxy) is 1. The highest BCUT2D eigenvalue weighted by atomic mass is 17.2. The largest absolute Gasteiger partial charge is 0.394 e. The van der Waals surface area contributed by atoms with Crippen molar-refractivity contribution in [2.45, 2.75) is 57.5 Å². The van der Waals surface area contributed by atoms with Gasteiger partial charge in [0, 0.05) is 6.54 Å². The minimum Gasteiger partial charge on any atom is -0.394 e. The predicted octanol–water partition coefficient (Wildman–Crippen LogP) is 1.07. The van der Waals surface area contributed by atoms with E-state index in [0.29, 0.717) is 23.3 Å². The molecule has 4 N–H and O–H groups in total. The lowest BCUT2D eigenvalue weighted by Gasteiger charge is -2.38. The monoisotopic (exact) mass is 444 g/mol. The number of hydrogen-bond donors (Lipinski definition) is 4. The number of aliphatic hydroxyl groups excluding tert-OH is 4. The van der Waals surface area contributed by atoms with Gasteiger partial charge in [0.1, 0.15) is 23.8 Å². The van der Waals surface area contributed by atoms with Gasteiger partial charge in [0.2, 0.25) is 0 Å². The highest BCUT2D eigenvalue weighted by Crippen LogP contribution is 2.30. The molecule has 1 aliphatic heterocycles. The van der Waals surface area contributed by atoms with Crippen LogP contribution in [0.2, 0.25) is 0 Å². The molecule has 0 radical (unpaired) electrons. The second kappa shape index (κ2) is 9.53. The molecule has 2 aromatic carbocycles. The second-order valence-electron chi connectivity index (χ2n) is 8.05. The van der Waals surface area contributed by atoms with Crippen LogP contribution in [0.5, 0.6) is 5.75 Å². The number of aliphatic hydroxyl groups is 4. The summed E-state index contributed by atoms with van der Waals surface area (Å²) in [7, 11) is 0. The van der Waals surface area contributed by atoms with E-state index in [1.165, 1.54) is 5.56 Å². The Morgan fingerprint density at radius 3 is 2.47 bits per heavy atom. The zero-order valence-corrected chi connectivity index (χ0v) is 18.0. The van der Waals surface area contributed by atoms with Crippen LogP contribution >= 0.6 is 0 Å². The van der Waals surface area contributed by atoms with Crippen molar-refractivity contribution in [2.75, 3.05) is 6.61 Å². The van der Waals surface area contributed by atoms with Crippen molar-refractivity contribution in [1.29, 1.82) is 0 Å². The first-order chi connectivity index (χ1) is 15.4. The molecule has 1 aromatic heterocycles. The Morgan fingerprint density at radius 1 is 1.06 bits per heavy atom.